The van der Waals surface area contributed by atoms with E-state index >= 15 is 0 Å². The van der Waals surface area contributed by atoms with Crippen LogP contribution in [0.25, 0.3) is 0 Å². The summed E-state index contributed by atoms with van der Waals surface area (Å²) in [5.74, 6) is -0.473. The highest BCUT2D eigenvalue weighted by molar-refractivity contribution is 5.94. The predicted molar refractivity (Wildman–Crippen MR) is 118 cm³/mol. The van der Waals surface area contributed by atoms with Crippen molar-refractivity contribution in [2.45, 2.75) is 39.2 Å². The van der Waals surface area contributed by atoms with Crippen molar-refractivity contribution in [1.29, 1.82) is 0 Å². The van der Waals surface area contributed by atoms with Crippen LogP contribution < -0.4 is 15.4 Å². The molecule has 0 radical (unpaired) electrons. The quantitative estimate of drug-likeness (QED) is 0.602. The van der Waals surface area contributed by atoms with E-state index in [1.54, 1.807) is 31.4 Å². The zero-order chi connectivity index (χ0) is 22.9. The van der Waals surface area contributed by atoms with Gasteiger partial charge in [0, 0.05) is 18.7 Å². The van der Waals surface area contributed by atoms with Crippen molar-refractivity contribution in [3.05, 3.63) is 65.2 Å². The van der Waals surface area contributed by atoms with E-state index < -0.39 is 11.9 Å². The van der Waals surface area contributed by atoms with Crippen LogP contribution in [0.4, 0.5) is 0 Å². The smallest absolute Gasteiger partial charge is 0.308 e. The molecular weight excluding hydrogens is 396 g/mol. The minimum absolute atomic E-state index is 0.0136. The molecule has 2 aromatic carbocycles. The van der Waals surface area contributed by atoms with Crippen LogP contribution in [0.15, 0.2) is 48.5 Å². The van der Waals surface area contributed by atoms with Gasteiger partial charge in [0.1, 0.15) is 5.75 Å². The molecule has 0 unspecified atom stereocenters. The highest BCUT2D eigenvalue weighted by atomic mass is 16.5. The summed E-state index contributed by atoms with van der Waals surface area (Å²) in [6.07, 6.45) is -0.0163. The molecule has 31 heavy (non-hydrogen) atoms. The first-order chi connectivity index (χ1) is 14.7. The van der Waals surface area contributed by atoms with E-state index in [0.29, 0.717) is 12.1 Å². The second-order valence-corrected chi connectivity index (χ2v) is 8.12. The molecule has 2 aromatic rings. The average Bonchev–Trinajstić information content (AvgIpc) is 2.76. The molecule has 0 saturated heterocycles. The molecule has 2 N–H and O–H groups in total. The van der Waals surface area contributed by atoms with Gasteiger partial charge in [0.15, 0.2) is 6.61 Å². The SMILES string of the molecule is COc1ccc(CNC(=O)COC(=O)CCNC(=O)c2ccc(C(C)(C)C)cc2)cc1. The van der Waals surface area contributed by atoms with E-state index in [-0.39, 0.29) is 30.9 Å². The fourth-order valence-electron chi connectivity index (χ4n) is 2.72. The lowest BCUT2D eigenvalue weighted by atomic mass is 9.87. The third-order valence-corrected chi connectivity index (χ3v) is 4.64. The van der Waals surface area contributed by atoms with Crippen molar-refractivity contribution in [3.63, 3.8) is 0 Å². The van der Waals surface area contributed by atoms with Gasteiger partial charge in [0.2, 0.25) is 0 Å². The molecule has 0 fully saturated rings. The number of methoxy groups -OCH3 is 1. The van der Waals surface area contributed by atoms with Gasteiger partial charge >= 0.3 is 5.97 Å². The van der Waals surface area contributed by atoms with Crippen molar-refractivity contribution in [1.82, 2.24) is 10.6 Å². The van der Waals surface area contributed by atoms with Crippen LogP contribution in [0.2, 0.25) is 0 Å². The van der Waals surface area contributed by atoms with Crippen molar-refractivity contribution in [3.8, 4) is 5.75 Å². The first kappa shape index (κ1) is 23.9. The van der Waals surface area contributed by atoms with Gasteiger partial charge in [0.25, 0.3) is 11.8 Å². The summed E-state index contributed by atoms with van der Waals surface area (Å²) in [6.45, 7) is 6.40. The highest BCUT2D eigenvalue weighted by Gasteiger charge is 2.14. The number of rotatable bonds is 9. The maximum absolute atomic E-state index is 12.2. The van der Waals surface area contributed by atoms with Crippen LogP contribution in [-0.2, 0) is 26.3 Å². The van der Waals surface area contributed by atoms with Crippen LogP contribution in [0, 0.1) is 0 Å². The van der Waals surface area contributed by atoms with Crippen LogP contribution in [-0.4, -0.2) is 38.0 Å². The van der Waals surface area contributed by atoms with Crippen molar-refractivity contribution in [2.24, 2.45) is 0 Å². The van der Waals surface area contributed by atoms with Crippen LogP contribution >= 0.6 is 0 Å². The molecule has 7 heteroatoms. The Hall–Kier alpha value is -3.35. The molecule has 0 aliphatic heterocycles. The Morgan fingerprint density at radius 2 is 1.55 bits per heavy atom. The van der Waals surface area contributed by atoms with Crippen molar-refractivity contribution < 1.29 is 23.9 Å². The molecule has 2 rings (SSSR count). The van der Waals surface area contributed by atoms with E-state index in [0.717, 1.165) is 16.9 Å². The standard InChI is InChI=1S/C24H30N2O5/c1-24(2,3)19-9-7-18(8-10-19)23(29)25-14-13-22(28)31-16-21(27)26-15-17-5-11-20(30-4)12-6-17/h5-12H,13-16H2,1-4H3,(H,25,29)(H,26,27). The number of esters is 1. The Labute approximate surface area is 183 Å². The number of carbonyl (C=O) groups is 3. The molecule has 2 amide bonds. The van der Waals surface area contributed by atoms with Gasteiger partial charge in [-0.05, 0) is 40.8 Å². The maximum Gasteiger partial charge on any atom is 0.308 e. The van der Waals surface area contributed by atoms with Crippen molar-refractivity contribution in [2.75, 3.05) is 20.3 Å². The van der Waals surface area contributed by atoms with Gasteiger partial charge in [-0.1, -0.05) is 45.0 Å². The van der Waals surface area contributed by atoms with Gasteiger partial charge in [-0.15, -0.1) is 0 Å². The summed E-state index contributed by atoms with van der Waals surface area (Å²) in [4.78, 5) is 35.8. The van der Waals surface area contributed by atoms with Gasteiger partial charge in [0.05, 0.1) is 13.5 Å². The zero-order valence-electron chi connectivity index (χ0n) is 18.5. The molecule has 0 bridgehead atoms. The normalized spacial score (nSPS) is 10.8. The fraction of sp³-hybridized carbons (Fsp3) is 0.375. The van der Waals surface area contributed by atoms with E-state index in [2.05, 4.69) is 31.4 Å². The number of hydrogen-bond donors (Lipinski definition) is 2. The number of ether oxygens (including phenoxy) is 2. The lowest BCUT2D eigenvalue weighted by Gasteiger charge is -2.19. The predicted octanol–water partition coefficient (Wildman–Crippen LogP) is 2.97. The van der Waals surface area contributed by atoms with Gasteiger partial charge in [-0.2, -0.15) is 0 Å². The minimum atomic E-state index is -0.553. The van der Waals surface area contributed by atoms with Gasteiger partial charge in [-0.25, -0.2) is 0 Å². The molecule has 166 valence electrons. The monoisotopic (exact) mass is 426 g/mol. The second-order valence-electron chi connectivity index (χ2n) is 8.12. The minimum Gasteiger partial charge on any atom is -0.497 e. The topological polar surface area (TPSA) is 93.7 Å². The molecule has 0 saturated carbocycles. The Bertz CT molecular complexity index is 884. The fourth-order valence-corrected chi connectivity index (χ4v) is 2.72. The molecule has 7 nitrogen and oxygen atoms in total. The zero-order valence-corrected chi connectivity index (χ0v) is 18.5. The van der Waals surface area contributed by atoms with Crippen molar-refractivity contribution >= 4 is 17.8 Å². The van der Waals surface area contributed by atoms with E-state index in [9.17, 15) is 14.4 Å². The summed E-state index contributed by atoms with van der Waals surface area (Å²) in [5, 5.41) is 5.36. The highest BCUT2D eigenvalue weighted by Crippen LogP contribution is 2.22. The number of benzene rings is 2. The number of amides is 2. The van der Waals surface area contributed by atoms with Crippen LogP contribution in [0.5, 0.6) is 5.75 Å². The Morgan fingerprint density at radius 1 is 0.903 bits per heavy atom. The molecular formula is C24H30N2O5. The Morgan fingerprint density at radius 3 is 2.13 bits per heavy atom. The van der Waals surface area contributed by atoms with Crippen LogP contribution in [0.1, 0.15) is 48.7 Å². The number of nitrogens with one attached hydrogen (secondary N) is 2. The summed E-state index contributed by atoms with van der Waals surface area (Å²) in [6, 6.07) is 14.7. The van der Waals surface area contributed by atoms with Gasteiger partial charge in [-0.3, -0.25) is 14.4 Å². The molecule has 0 atom stereocenters. The van der Waals surface area contributed by atoms with Crippen LogP contribution in [0.3, 0.4) is 0 Å². The third-order valence-electron chi connectivity index (χ3n) is 4.64. The Kier molecular flexibility index (Phi) is 8.61. The largest absolute Gasteiger partial charge is 0.497 e. The summed E-state index contributed by atoms with van der Waals surface area (Å²) in [7, 11) is 1.58. The maximum atomic E-state index is 12.2. The third kappa shape index (κ3) is 8.12. The van der Waals surface area contributed by atoms with E-state index in [1.807, 2.05) is 24.3 Å². The summed E-state index contributed by atoms with van der Waals surface area (Å²) < 4.78 is 10.0. The lowest BCUT2D eigenvalue weighted by Crippen LogP contribution is -2.30. The average molecular weight is 427 g/mol. The number of carbonyl (C=O) groups excluding carboxylic acids is 3. The molecule has 0 spiro atoms. The molecule has 0 aromatic heterocycles. The lowest BCUT2D eigenvalue weighted by molar-refractivity contribution is -0.148. The number of hydrogen-bond acceptors (Lipinski definition) is 5. The second kappa shape index (κ2) is 11.2. The first-order valence-corrected chi connectivity index (χ1v) is 10.1. The van der Waals surface area contributed by atoms with Gasteiger partial charge < -0.3 is 20.1 Å². The first-order valence-electron chi connectivity index (χ1n) is 10.1. The summed E-state index contributed by atoms with van der Waals surface area (Å²) >= 11 is 0. The summed E-state index contributed by atoms with van der Waals surface area (Å²) in [5.41, 5.74) is 2.58. The van der Waals surface area contributed by atoms with E-state index in [4.69, 9.17) is 9.47 Å². The van der Waals surface area contributed by atoms with E-state index in [1.165, 1.54) is 0 Å². The molecule has 0 aliphatic carbocycles. The molecule has 0 heterocycles. The Balaban J connectivity index is 1.64. The molecule has 0 aliphatic rings.